The van der Waals surface area contributed by atoms with Crippen LogP contribution in [0.3, 0.4) is 0 Å². The van der Waals surface area contributed by atoms with Gasteiger partial charge in [-0.05, 0) is 30.4 Å². The monoisotopic (exact) mass is 176 g/mol. The van der Waals surface area contributed by atoms with E-state index < -0.39 is 0 Å². The van der Waals surface area contributed by atoms with E-state index in [2.05, 4.69) is 25.3 Å². The van der Waals surface area contributed by atoms with Crippen LogP contribution in [0.4, 0.5) is 0 Å². The van der Waals surface area contributed by atoms with Gasteiger partial charge in [0.25, 0.3) is 0 Å². The highest BCUT2D eigenvalue weighted by molar-refractivity contribution is 5.79. The molecule has 1 aliphatic rings. The first kappa shape index (κ1) is 10.0. The number of ketones is 1. The summed E-state index contributed by atoms with van der Waals surface area (Å²) in [6.07, 6.45) is 4.40. The quantitative estimate of drug-likeness (QED) is 0.561. The van der Waals surface area contributed by atoms with Gasteiger partial charge in [-0.25, -0.2) is 0 Å². The second-order valence-electron chi connectivity index (χ2n) is 3.71. The lowest BCUT2D eigenvalue weighted by Crippen LogP contribution is -1.99. The molecule has 0 amide bonds. The van der Waals surface area contributed by atoms with Gasteiger partial charge >= 0.3 is 0 Å². The molecule has 0 spiro atoms. The molecule has 0 aromatic rings. The molecule has 1 nitrogen and oxygen atoms in total. The average Bonchev–Trinajstić information content (AvgIpc) is 2.25. The third kappa shape index (κ3) is 2.71. The maximum absolute atomic E-state index is 11.3. The Morgan fingerprint density at radius 2 is 2.31 bits per heavy atom. The molecule has 0 bridgehead atoms. The van der Waals surface area contributed by atoms with Crippen molar-refractivity contribution in [2.24, 2.45) is 5.92 Å². The van der Waals surface area contributed by atoms with E-state index in [0.29, 0.717) is 24.5 Å². The van der Waals surface area contributed by atoms with E-state index in [9.17, 15) is 4.79 Å². The molecule has 0 saturated heterocycles. The van der Waals surface area contributed by atoms with Gasteiger partial charge in [-0.15, -0.1) is 5.73 Å². The first-order valence-corrected chi connectivity index (χ1v) is 4.73. The zero-order chi connectivity index (χ0) is 9.84. The molecule has 13 heavy (non-hydrogen) atoms. The Hall–Kier alpha value is -1.07. The average molecular weight is 176 g/mol. The summed E-state index contributed by atoms with van der Waals surface area (Å²) < 4.78 is 0. The topological polar surface area (TPSA) is 17.1 Å². The van der Waals surface area contributed by atoms with Gasteiger partial charge in [-0.3, -0.25) is 4.79 Å². The van der Waals surface area contributed by atoms with Crippen LogP contribution in [-0.2, 0) is 4.79 Å². The molecule has 1 atom stereocenters. The van der Waals surface area contributed by atoms with Crippen LogP contribution >= 0.6 is 0 Å². The maximum atomic E-state index is 11.3. The van der Waals surface area contributed by atoms with Crippen LogP contribution in [0.2, 0.25) is 0 Å². The number of carbonyl (C=O) groups is 1. The van der Waals surface area contributed by atoms with E-state index in [1.54, 1.807) is 0 Å². The molecule has 0 aromatic carbocycles. The SMILES string of the molecule is C=C=C(C)C1=CC(C)CC(=O)CC1. The molecule has 0 radical (unpaired) electrons. The van der Waals surface area contributed by atoms with E-state index in [1.165, 1.54) is 5.57 Å². The molecule has 0 heterocycles. The molecule has 0 fully saturated rings. The zero-order valence-corrected chi connectivity index (χ0v) is 8.39. The summed E-state index contributed by atoms with van der Waals surface area (Å²) in [6, 6.07) is 0. The summed E-state index contributed by atoms with van der Waals surface area (Å²) in [5.41, 5.74) is 5.21. The fourth-order valence-corrected chi connectivity index (χ4v) is 1.65. The summed E-state index contributed by atoms with van der Waals surface area (Å²) in [5.74, 6) is 0.740. The molecular weight excluding hydrogens is 160 g/mol. The van der Waals surface area contributed by atoms with Gasteiger partial charge < -0.3 is 0 Å². The highest BCUT2D eigenvalue weighted by atomic mass is 16.1. The van der Waals surface area contributed by atoms with Gasteiger partial charge in [-0.1, -0.05) is 19.6 Å². The number of hydrogen-bond acceptors (Lipinski definition) is 1. The molecule has 1 rings (SSSR count). The van der Waals surface area contributed by atoms with Crippen molar-refractivity contribution in [3.63, 3.8) is 0 Å². The lowest BCUT2D eigenvalue weighted by molar-refractivity contribution is -0.119. The number of allylic oxidation sites excluding steroid dienone is 3. The zero-order valence-electron chi connectivity index (χ0n) is 8.39. The van der Waals surface area contributed by atoms with Crippen molar-refractivity contribution in [1.82, 2.24) is 0 Å². The van der Waals surface area contributed by atoms with Crippen LogP contribution in [0.25, 0.3) is 0 Å². The molecule has 0 N–H and O–H groups in total. The number of rotatable bonds is 1. The molecular formula is C12H16O. The molecule has 1 unspecified atom stereocenters. The highest BCUT2D eigenvalue weighted by Crippen LogP contribution is 2.23. The van der Waals surface area contributed by atoms with Gasteiger partial charge in [0.2, 0.25) is 0 Å². The Bertz CT molecular complexity index is 290. The van der Waals surface area contributed by atoms with Crippen molar-refractivity contribution in [2.45, 2.75) is 33.1 Å². The third-order valence-corrected chi connectivity index (χ3v) is 2.46. The van der Waals surface area contributed by atoms with Crippen molar-refractivity contribution < 1.29 is 4.79 Å². The van der Waals surface area contributed by atoms with Gasteiger partial charge in [0.1, 0.15) is 5.78 Å². The van der Waals surface area contributed by atoms with Crippen LogP contribution in [0.15, 0.2) is 29.5 Å². The largest absolute Gasteiger partial charge is 0.300 e. The Balaban J connectivity index is 2.86. The van der Waals surface area contributed by atoms with Crippen LogP contribution in [0.1, 0.15) is 33.1 Å². The Labute approximate surface area is 79.8 Å². The Morgan fingerprint density at radius 1 is 1.62 bits per heavy atom. The van der Waals surface area contributed by atoms with Crippen molar-refractivity contribution in [3.8, 4) is 0 Å². The van der Waals surface area contributed by atoms with Crippen molar-refractivity contribution in [3.05, 3.63) is 29.5 Å². The molecule has 0 aromatic heterocycles. The summed E-state index contributed by atoms with van der Waals surface area (Å²) >= 11 is 0. The predicted molar refractivity (Wildman–Crippen MR) is 54.4 cm³/mol. The van der Waals surface area contributed by atoms with Crippen LogP contribution in [0.5, 0.6) is 0 Å². The minimum atomic E-state index is 0.369. The van der Waals surface area contributed by atoms with Crippen molar-refractivity contribution >= 4 is 5.78 Å². The lowest BCUT2D eigenvalue weighted by Gasteiger charge is -2.03. The predicted octanol–water partition coefficient (Wildman–Crippen LogP) is 3.03. The van der Waals surface area contributed by atoms with Crippen LogP contribution in [0, 0.1) is 5.92 Å². The number of Topliss-reactive ketones (excluding diaryl/α,β-unsaturated/α-hetero) is 1. The van der Waals surface area contributed by atoms with E-state index in [4.69, 9.17) is 0 Å². The van der Waals surface area contributed by atoms with E-state index in [1.807, 2.05) is 6.92 Å². The van der Waals surface area contributed by atoms with Crippen LogP contribution < -0.4 is 0 Å². The first-order chi connectivity index (χ1) is 6.13. The number of hydrogen-bond donors (Lipinski definition) is 0. The van der Waals surface area contributed by atoms with Crippen molar-refractivity contribution in [1.29, 1.82) is 0 Å². The van der Waals surface area contributed by atoms with E-state index in [0.717, 1.165) is 12.0 Å². The molecule has 1 heteroatoms. The van der Waals surface area contributed by atoms with Crippen molar-refractivity contribution in [2.75, 3.05) is 0 Å². The highest BCUT2D eigenvalue weighted by Gasteiger charge is 2.14. The summed E-state index contributed by atoms with van der Waals surface area (Å²) in [7, 11) is 0. The Kier molecular flexibility index (Phi) is 3.27. The second kappa shape index (κ2) is 4.25. The van der Waals surface area contributed by atoms with E-state index in [-0.39, 0.29) is 0 Å². The maximum Gasteiger partial charge on any atom is 0.133 e. The van der Waals surface area contributed by atoms with Gasteiger partial charge in [0.15, 0.2) is 0 Å². The molecule has 70 valence electrons. The second-order valence-corrected chi connectivity index (χ2v) is 3.71. The van der Waals surface area contributed by atoms with Gasteiger partial charge in [0.05, 0.1) is 0 Å². The summed E-state index contributed by atoms with van der Waals surface area (Å²) in [6.45, 7) is 7.71. The molecule has 0 aliphatic heterocycles. The van der Waals surface area contributed by atoms with E-state index >= 15 is 0 Å². The summed E-state index contributed by atoms with van der Waals surface area (Å²) in [4.78, 5) is 11.3. The number of carbonyl (C=O) groups excluding carboxylic acids is 1. The van der Waals surface area contributed by atoms with Gasteiger partial charge in [-0.2, -0.15) is 0 Å². The smallest absolute Gasteiger partial charge is 0.133 e. The van der Waals surface area contributed by atoms with Gasteiger partial charge in [0, 0.05) is 12.8 Å². The first-order valence-electron chi connectivity index (χ1n) is 4.73. The Morgan fingerprint density at radius 3 is 2.92 bits per heavy atom. The molecule has 1 aliphatic carbocycles. The lowest BCUT2D eigenvalue weighted by atomic mass is 10.0. The minimum absolute atomic E-state index is 0.369. The van der Waals surface area contributed by atoms with Crippen LogP contribution in [-0.4, -0.2) is 5.78 Å². The standard InChI is InChI=1S/C12H16O/c1-4-10(3)11-5-6-12(13)8-9(2)7-11/h7,9H,1,5-6,8H2,2-3H3. The third-order valence-electron chi connectivity index (χ3n) is 2.46. The fourth-order valence-electron chi connectivity index (χ4n) is 1.65. The minimum Gasteiger partial charge on any atom is -0.300 e. The normalized spacial score (nSPS) is 23.1. The molecule has 0 saturated carbocycles. The fraction of sp³-hybridized carbons (Fsp3) is 0.500. The summed E-state index contributed by atoms with van der Waals surface area (Å²) in [5, 5.41) is 0.